The molecular weight excluding hydrogens is 676 g/mol. The molecule has 0 fully saturated rings. The van der Waals surface area contributed by atoms with Crippen LogP contribution in [0, 0.1) is 11.8 Å². The van der Waals surface area contributed by atoms with E-state index in [9.17, 15) is 0 Å². The van der Waals surface area contributed by atoms with Crippen LogP contribution in [0.2, 0.25) is 0 Å². The van der Waals surface area contributed by atoms with Crippen LogP contribution in [0.3, 0.4) is 0 Å². The Kier molecular flexibility index (Phi) is 11.8. The van der Waals surface area contributed by atoms with E-state index >= 15 is 0 Å². The monoisotopic (exact) mass is 708 g/mol. The molecule has 2 aliphatic heterocycles. The van der Waals surface area contributed by atoms with Gasteiger partial charge in [-0.05, 0) is 80.8 Å². The number of unbranched alkanes of at least 4 members (excludes halogenated alkanes) is 2. The second-order valence-electron chi connectivity index (χ2n) is 9.39. The van der Waals surface area contributed by atoms with Crippen LogP contribution in [0.15, 0.2) is 78.3 Å². The van der Waals surface area contributed by atoms with Crippen molar-refractivity contribution in [2.75, 3.05) is 11.5 Å². The predicted molar refractivity (Wildman–Crippen MR) is 184 cm³/mol. The van der Waals surface area contributed by atoms with Crippen LogP contribution in [-0.4, -0.2) is 21.6 Å². The Morgan fingerprint density at radius 2 is 1.18 bits per heavy atom. The van der Waals surface area contributed by atoms with E-state index in [-0.39, 0.29) is 0 Å². The van der Waals surface area contributed by atoms with Gasteiger partial charge in [0.1, 0.15) is 10.1 Å². The van der Waals surface area contributed by atoms with Crippen molar-refractivity contribution in [2.45, 2.75) is 52.4 Å². The molecule has 0 aliphatic carbocycles. The lowest BCUT2D eigenvalue weighted by molar-refractivity contribution is 0.607. The fourth-order valence-electron chi connectivity index (χ4n) is 4.37. The summed E-state index contributed by atoms with van der Waals surface area (Å²) in [5, 5.41) is 2.18. The van der Waals surface area contributed by atoms with Crippen molar-refractivity contribution in [2.24, 2.45) is 21.8 Å². The highest BCUT2D eigenvalue weighted by molar-refractivity contribution is 9.11. The van der Waals surface area contributed by atoms with Crippen molar-refractivity contribution < 1.29 is 0 Å². The number of nitrogens with zero attached hydrogens (tertiary/aromatic N) is 2. The average molecular weight is 711 g/mol. The molecule has 2 aliphatic rings. The molecule has 4 heterocycles. The SMILES string of the molecule is C=CC(CCCC)CSC1=NC(c2ccc(Br)s2)=C2C(SCC(C=C)CCCC)=NC(c3ccc(Br)s3)=C12. The Hall–Kier alpha value is -0.640. The zero-order valence-electron chi connectivity index (χ0n) is 22.0. The lowest BCUT2D eigenvalue weighted by atomic mass is 10.1. The number of thioether (sulfide) groups is 2. The largest absolute Gasteiger partial charge is 0.239 e. The maximum Gasteiger partial charge on any atom is 0.107 e. The van der Waals surface area contributed by atoms with Crippen LogP contribution < -0.4 is 0 Å². The highest BCUT2D eigenvalue weighted by Gasteiger charge is 2.37. The Labute approximate surface area is 261 Å². The molecule has 2 aromatic rings. The minimum Gasteiger partial charge on any atom is -0.239 e. The molecule has 0 bridgehead atoms. The average Bonchev–Trinajstić information content (AvgIpc) is 3.70. The van der Waals surface area contributed by atoms with Crippen LogP contribution in [0.25, 0.3) is 11.4 Å². The molecule has 202 valence electrons. The van der Waals surface area contributed by atoms with Gasteiger partial charge in [-0.25, -0.2) is 9.98 Å². The van der Waals surface area contributed by atoms with Crippen LogP contribution in [-0.2, 0) is 0 Å². The van der Waals surface area contributed by atoms with E-state index in [4.69, 9.17) is 9.98 Å². The summed E-state index contributed by atoms with van der Waals surface area (Å²) in [6, 6.07) is 8.58. The zero-order chi connectivity index (χ0) is 27.1. The van der Waals surface area contributed by atoms with Crippen LogP contribution >= 0.6 is 78.1 Å². The van der Waals surface area contributed by atoms with E-state index in [0.29, 0.717) is 11.8 Å². The molecule has 8 heteroatoms. The molecule has 0 aromatic carbocycles. The van der Waals surface area contributed by atoms with Gasteiger partial charge in [-0.15, -0.1) is 59.4 Å². The van der Waals surface area contributed by atoms with Gasteiger partial charge in [0, 0.05) is 22.7 Å². The zero-order valence-corrected chi connectivity index (χ0v) is 28.4. The van der Waals surface area contributed by atoms with Crippen LogP contribution in [0.5, 0.6) is 0 Å². The minimum atomic E-state index is 0.481. The number of rotatable bonds is 14. The molecule has 2 aromatic heterocycles. The molecule has 0 saturated heterocycles. The Balaban J connectivity index is 1.72. The third-order valence-electron chi connectivity index (χ3n) is 6.58. The number of thiophene rings is 2. The summed E-state index contributed by atoms with van der Waals surface area (Å²) in [5.41, 5.74) is 4.52. The molecule has 0 spiro atoms. The van der Waals surface area contributed by atoms with Crippen molar-refractivity contribution in [1.82, 2.24) is 0 Å². The molecule has 0 radical (unpaired) electrons. The van der Waals surface area contributed by atoms with Crippen molar-refractivity contribution >= 4 is 99.5 Å². The van der Waals surface area contributed by atoms with Gasteiger partial charge in [-0.2, -0.15) is 0 Å². The summed E-state index contributed by atoms with van der Waals surface area (Å²) in [5.74, 6) is 2.93. The summed E-state index contributed by atoms with van der Waals surface area (Å²) in [6.45, 7) is 12.7. The third kappa shape index (κ3) is 7.35. The molecule has 2 unspecified atom stereocenters. The lowest BCUT2D eigenvalue weighted by Gasteiger charge is -2.13. The van der Waals surface area contributed by atoms with Crippen molar-refractivity contribution in [3.63, 3.8) is 0 Å². The van der Waals surface area contributed by atoms with Crippen LogP contribution in [0.1, 0.15) is 62.1 Å². The van der Waals surface area contributed by atoms with Gasteiger partial charge in [0.25, 0.3) is 0 Å². The quantitative estimate of drug-likeness (QED) is 0.182. The van der Waals surface area contributed by atoms with Gasteiger partial charge in [0.15, 0.2) is 0 Å². The highest BCUT2D eigenvalue weighted by Crippen LogP contribution is 2.50. The second kappa shape index (κ2) is 14.8. The predicted octanol–water partition coefficient (Wildman–Crippen LogP) is 11.7. The number of fused-ring (bicyclic) bond motifs is 1. The van der Waals surface area contributed by atoms with Gasteiger partial charge in [0.05, 0.1) is 28.7 Å². The van der Waals surface area contributed by atoms with Gasteiger partial charge >= 0.3 is 0 Å². The fraction of sp³-hybridized carbons (Fsp3) is 0.400. The number of allylic oxidation sites excluding steroid dienone is 2. The summed E-state index contributed by atoms with van der Waals surface area (Å²) < 4.78 is 2.23. The van der Waals surface area contributed by atoms with Crippen molar-refractivity contribution in [3.8, 4) is 0 Å². The first-order valence-electron chi connectivity index (χ1n) is 13.2. The lowest BCUT2D eigenvalue weighted by Crippen LogP contribution is -2.07. The van der Waals surface area contributed by atoms with Gasteiger partial charge in [-0.3, -0.25) is 0 Å². The highest BCUT2D eigenvalue weighted by atomic mass is 79.9. The third-order valence-corrected chi connectivity index (χ3v) is 12.2. The molecule has 4 rings (SSSR count). The maximum atomic E-state index is 5.31. The van der Waals surface area contributed by atoms with Crippen molar-refractivity contribution in [3.05, 3.63) is 78.0 Å². The summed E-state index contributed by atoms with van der Waals surface area (Å²) >= 11 is 14.5. The normalized spacial score (nSPS) is 16.5. The van der Waals surface area contributed by atoms with E-state index < -0.39 is 0 Å². The van der Waals surface area contributed by atoms with Gasteiger partial charge in [0.2, 0.25) is 0 Å². The molecule has 2 atom stereocenters. The van der Waals surface area contributed by atoms with Gasteiger partial charge in [-0.1, -0.05) is 51.7 Å². The number of hydrogen-bond acceptors (Lipinski definition) is 6. The van der Waals surface area contributed by atoms with E-state index in [2.05, 4.69) is 95.3 Å². The summed E-state index contributed by atoms with van der Waals surface area (Å²) in [4.78, 5) is 13.0. The molecule has 0 saturated carbocycles. The van der Waals surface area contributed by atoms with E-state index in [1.165, 1.54) is 59.4 Å². The molecular formula is C30H34Br2N2S4. The molecule has 0 amide bonds. The number of aliphatic imine (C=N–C) groups is 2. The maximum absolute atomic E-state index is 5.31. The molecule has 2 nitrogen and oxygen atoms in total. The molecule has 38 heavy (non-hydrogen) atoms. The Morgan fingerprint density at radius 1 is 0.763 bits per heavy atom. The fourth-order valence-corrected chi connectivity index (χ4v) is 9.48. The summed E-state index contributed by atoms with van der Waals surface area (Å²) in [6.07, 6.45) is 11.5. The first-order valence-corrected chi connectivity index (χ1v) is 18.4. The van der Waals surface area contributed by atoms with E-state index in [1.54, 1.807) is 22.7 Å². The number of halogens is 2. The Bertz CT molecular complexity index is 1180. The van der Waals surface area contributed by atoms with Crippen molar-refractivity contribution in [1.29, 1.82) is 0 Å². The second-order valence-corrected chi connectivity index (χ2v) is 16.3. The molecule has 0 N–H and O–H groups in total. The topological polar surface area (TPSA) is 24.7 Å². The minimum absolute atomic E-state index is 0.481. The standard InChI is InChI=1S/C30H34Br2N2S4/c1-5-9-11-19(7-3)17-35-29-25-26(28(33-29)22-14-16-24(32)38-22)30(36-18-20(8-4)12-10-6-2)34-27(25)21-13-15-23(31)37-21/h7-8,13-16,19-20H,3-6,9-12,17-18H2,1-2H3. The van der Waals surface area contributed by atoms with Crippen LogP contribution in [0.4, 0.5) is 0 Å². The van der Waals surface area contributed by atoms with Gasteiger partial charge < -0.3 is 0 Å². The first kappa shape index (κ1) is 30.3. The van der Waals surface area contributed by atoms with E-state index in [0.717, 1.165) is 40.6 Å². The van der Waals surface area contributed by atoms with E-state index in [1.807, 2.05) is 23.5 Å². The Morgan fingerprint density at radius 3 is 1.50 bits per heavy atom. The number of hydrogen-bond donors (Lipinski definition) is 0. The summed E-state index contributed by atoms with van der Waals surface area (Å²) in [7, 11) is 0. The smallest absolute Gasteiger partial charge is 0.107 e. The first-order chi connectivity index (χ1) is 18.5.